The molecule has 0 saturated heterocycles. The number of rotatable bonds is 8. The fraction of sp³-hybridized carbons (Fsp3) is 1.00. The smallest absolute Gasteiger partial charge is 0.0570 e. The van der Waals surface area contributed by atoms with Gasteiger partial charge in [-0.15, -0.1) is 0 Å². The van der Waals surface area contributed by atoms with Crippen molar-refractivity contribution in [1.82, 2.24) is 0 Å². The molecule has 0 radical (unpaired) electrons. The van der Waals surface area contributed by atoms with E-state index in [-0.39, 0.29) is 19.3 Å². The molecule has 5 heteroatoms. The predicted molar refractivity (Wildman–Crippen MR) is 61.2 cm³/mol. The summed E-state index contributed by atoms with van der Waals surface area (Å²) < 4.78 is 16.4. The van der Waals surface area contributed by atoms with E-state index in [1.165, 1.54) is 0 Å². The van der Waals surface area contributed by atoms with Crippen LogP contribution >= 0.6 is 0 Å². The number of hydrogen-bond donors (Lipinski definition) is 2. The van der Waals surface area contributed by atoms with Gasteiger partial charge in [-0.3, -0.25) is 4.21 Å². The molecular weight excluding hydrogens is 216 g/mol. The van der Waals surface area contributed by atoms with E-state index < -0.39 is 16.2 Å². The lowest BCUT2D eigenvalue weighted by molar-refractivity contribution is -0.0484. The van der Waals surface area contributed by atoms with E-state index in [0.29, 0.717) is 18.8 Å². The molecule has 4 nitrogen and oxygen atoms in total. The molecule has 0 aliphatic heterocycles. The van der Waals surface area contributed by atoms with Crippen LogP contribution in [0.2, 0.25) is 0 Å². The van der Waals surface area contributed by atoms with Crippen molar-refractivity contribution in [3.8, 4) is 0 Å². The maximum absolute atomic E-state index is 11.0. The lowest BCUT2D eigenvalue weighted by Crippen LogP contribution is -2.37. The van der Waals surface area contributed by atoms with E-state index in [9.17, 15) is 14.4 Å². The topological polar surface area (TPSA) is 66.8 Å². The van der Waals surface area contributed by atoms with Crippen LogP contribution in [0.15, 0.2) is 0 Å². The summed E-state index contributed by atoms with van der Waals surface area (Å²) in [6.07, 6.45) is 2.19. The van der Waals surface area contributed by atoms with Crippen LogP contribution in [0.4, 0.5) is 0 Å². The molecule has 0 aromatic heterocycles. The molecule has 0 bridgehead atoms. The fourth-order valence-corrected chi connectivity index (χ4v) is 1.80. The molecule has 0 rings (SSSR count). The first kappa shape index (κ1) is 15.0. The minimum Gasteiger partial charge on any atom is -0.396 e. The van der Waals surface area contributed by atoms with Crippen molar-refractivity contribution in [2.45, 2.75) is 26.4 Å². The fourth-order valence-electron chi connectivity index (χ4n) is 1.08. The first-order valence-electron chi connectivity index (χ1n) is 5.09. The van der Waals surface area contributed by atoms with E-state index in [1.807, 2.05) is 13.8 Å². The summed E-state index contributed by atoms with van der Waals surface area (Å²) in [6.45, 7) is 3.81. The molecule has 1 unspecified atom stereocenters. The quantitative estimate of drug-likeness (QED) is 0.632. The molecule has 15 heavy (non-hydrogen) atoms. The van der Waals surface area contributed by atoms with Crippen molar-refractivity contribution in [2.75, 3.05) is 31.8 Å². The van der Waals surface area contributed by atoms with E-state index in [0.717, 1.165) is 0 Å². The van der Waals surface area contributed by atoms with E-state index in [2.05, 4.69) is 0 Å². The van der Waals surface area contributed by atoms with Crippen LogP contribution in [0.1, 0.15) is 20.3 Å². The molecular formula is C10H22O4S. The summed E-state index contributed by atoms with van der Waals surface area (Å²) in [6, 6.07) is 0. The number of hydrogen-bond acceptors (Lipinski definition) is 4. The van der Waals surface area contributed by atoms with Gasteiger partial charge in [0.1, 0.15) is 0 Å². The van der Waals surface area contributed by atoms with Gasteiger partial charge in [0.15, 0.2) is 0 Å². The lowest BCUT2D eigenvalue weighted by atomic mass is 9.88. The van der Waals surface area contributed by atoms with Gasteiger partial charge in [0.2, 0.25) is 0 Å². The molecule has 0 saturated carbocycles. The lowest BCUT2D eigenvalue weighted by Gasteiger charge is -2.30. The average molecular weight is 238 g/mol. The molecule has 0 aromatic carbocycles. The van der Waals surface area contributed by atoms with Crippen LogP contribution in [0.5, 0.6) is 0 Å². The van der Waals surface area contributed by atoms with Crippen molar-refractivity contribution >= 4 is 10.8 Å². The van der Waals surface area contributed by atoms with Crippen molar-refractivity contribution in [3.05, 3.63) is 0 Å². The molecule has 0 amide bonds. The summed E-state index contributed by atoms with van der Waals surface area (Å²) in [4.78, 5) is 0. The number of aliphatic hydroxyl groups excluding tert-OH is 2. The van der Waals surface area contributed by atoms with Gasteiger partial charge >= 0.3 is 0 Å². The summed E-state index contributed by atoms with van der Waals surface area (Å²) in [5, 5.41) is 18.5. The third-order valence-corrected chi connectivity index (χ3v) is 3.09. The minimum absolute atomic E-state index is 0.0644. The van der Waals surface area contributed by atoms with Gasteiger partial charge < -0.3 is 14.9 Å². The molecule has 2 N–H and O–H groups in total. The second kappa shape index (κ2) is 7.33. The zero-order chi connectivity index (χ0) is 11.9. The third kappa shape index (κ3) is 6.25. The highest BCUT2D eigenvalue weighted by atomic mass is 32.2. The normalized spacial score (nSPS) is 14.5. The molecule has 0 spiro atoms. The van der Waals surface area contributed by atoms with Gasteiger partial charge in [0.25, 0.3) is 0 Å². The highest BCUT2D eigenvalue weighted by Gasteiger charge is 2.29. The van der Waals surface area contributed by atoms with Crippen LogP contribution in [0.3, 0.4) is 0 Å². The Kier molecular flexibility index (Phi) is 7.34. The van der Waals surface area contributed by atoms with Crippen LogP contribution in [0, 0.1) is 5.41 Å². The van der Waals surface area contributed by atoms with Gasteiger partial charge in [-0.1, -0.05) is 0 Å². The molecule has 0 fully saturated rings. The van der Waals surface area contributed by atoms with Crippen molar-refractivity contribution in [2.24, 2.45) is 5.41 Å². The van der Waals surface area contributed by atoms with Gasteiger partial charge in [-0.2, -0.15) is 0 Å². The van der Waals surface area contributed by atoms with E-state index in [4.69, 9.17) is 4.74 Å². The Morgan fingerprint density at radius 1 is 1.33 bits per heavy atom. The number of aliphatic hydroxyl groups is 2. The largest absolute Gasteiger partial charge is 0.396 e. The average Bonchev–Trinajstić information content (AvgIpc) is 2.19. The Bertz CT molecular complexity index is 190. The third-order valence-electron chi connectivity index (χ3n) is 2.31. The summed E-state index contributed by atoms with van der Waals surface area (Å²) in [7, 11) is -0.907. The molecule has 0 heterocycles. The molecule has 1 atom stereocenters. The highest BCUT2D eigenvalue weighted by Crippen LogP contribution is 2.22. The van der Waals surface area contributed by atoms with Gasteiger partial charge in [-0.05, 0) is 20.3 Å². The Hall–Kier alpha value is 0.0300. The Balaban J connectivity index is 4.22. The molecule has 0 aliphatic carbocycles. The monoisotopic (exact) mass is 238 g/mol. The van der Waals surface area contributed by atoms with Crippen molar-refractivity contribution in [1.29, 1.82) is 0 Å². The van der Waals surface area contributed by atoms with Crippen LogP contribution in [-0.2, 0) is 15.5 Å². The maximum atomic E-state index is 11.0. The number of ether oxygens (including phenoxy) is 1. The molecule has 0 aromatic rings. The predicted octanol–water partition coefficient (Wildman–Crippen LogP) is 0.151. The SMILES string of the molecule is CC(C)OCC(CO)(CO)CCS(C)=O. The zero-order valence-electron chi connectivity index (χ0n) is 9.73. The Morgan fingerprint density at radius 2 is 1.87 bits per heavy atom. The first-order valence-corrected chi connectivity index (χ1v) is 6.82. The van der Waals surface area contributed by atoms with Crippen molar-refractivity contribution < 1.29 is 19.2 Å². The Morgan fingerprint density at radius 3 is 2.20 bits per heavy atom. The minimum atomic E-state index is -0.907. The van der Waals surface area contributed by atoms with Crippen molar-refractivity contribution in [3.63, 3.8) is 0 Å². The second-order valence-electron chi connectivity index (χ2n) is 4.20. The molecule has 92 valence electrons. The van der Waals surface area contributed by atoms with Gasteiger partial charge in [0.05, 0.1) is 25.9 Å². The maximum Gasteiger partial charge on any atom is 0.0570 e. The zero-order valence-corrected chi connectivity index (χ0v) is 10.5. The van der Waals surface area contributed by atoms with Crippen LogP contribution < -0.4 is 0 Å². The summed E-state index contributed by atoms with van der Waals surface area (Å²) in [5.41, 5.74) is -0.657. The van der Waals surface area contributed by atoms with E-state index in [1.54, 1.807) is 6.26 Å². The molecule has 0 aliphatic rings. The van der Waals surface area contributed by atoms with Gasteiger partial charge in [-0.25, -0.2) is 0 Å². The van der Waals surface area contributed by atoms with Gasteiger partial charge in [0, 0.05) is 28.2 Å². The Labute approximate surface area is 94.1 Å². The summed E-state index contributed by atoms with van der Waals surface area (Å²) in [5.74, 6) is 0.475. The van der Waals surface area contributed by atoms with E-state index >= 15 is 0 Å². The first-order chi connectivity index (χ1) is 6.95. The summed E-state index contributed by atoms with van der Waals surface area (Å²) >= 11 is 0. The van der Waals surface area contributed by atoms with Crippen LogP contribution in [-0.4, -0.2) is 52.4 Å². The highest BCUT2D eigenvalue weighted by molar-refractivity contribution is 7.84. The second-order valence-corrected chi connectivity index (χ2v) is 5.76. The standard InChI is InChI=1S/C10H22O4S/c1-9(2)14-8-10(6-11,7-12)4-5-15(3)13/h9,11-12H,4-8H2,1-3H3. The van der Waals surface area contributed by atoms with Crippen LogP contribution in [0.25, 0.3) is 0 Å².